The van der Waals surface area contributed by atoms with Crippen molar-refractivity contribution in [2.75, 3.05) is 0 Å². The van der Waals surface area contributed by atoms with Gasteiger partial charge in [-0.2, -0.15) is 5.26 Å². The Bertz CT molecular complexity index is 994. The maximum atomic E-state index is 9.29. The second kappa shape index (κ2) is 4.69. The van der Waals surface area contributed by atoms with Crippen molar-refractivity contribution in [2.24, 2.45) is 0 Å². The molecule has 0 unspecified atom stereocenters. The van der Waals surface area contributed by atoms with Gasteiger partial charge in [-0.3, -0.25) is 4.98 Å². The molecule has 0 radical (unpaired) electrons. The van der Waals surface area contributed by atoms with Crippen molar-refractivity contribution in [3.05, 3.63) is 66.4 Å². The molecule has 21 heavy (non-hydrogen) atoms. The first-order valence-corrected chi connectivity index (χ1v) is 7.46. The third kappa shape index (κ3) is 1.81. The van der Waals surface area contributed by atoms with Crippen molar-refractivity contribution in [2.45, 2.75) is 0 Å². The summed E-state index contributed by atoms with van der Waals surface area (Å²) in [5, 5.41) is 11.6. The molecule has 0 atom stereocenters. The van der Waals surface area contributed by atoms with Gasteiger partial charge in [0.1, 0.15) is 6.07 Å². The molecule has 2 heterocycles. The molecule has 4 rings (SSSR count). The van der Waals surface area contributed by atoms with Crippen LogP contribution in [0.1, 0.15) is 5.56 Å². The number of hydrogen-bond donors (Lipinski definition) is 0. The maximum Gasteiger partial charge on any atom is 0.101 e. The highest BCUT2D eigenvalue weighted by Crippen LogP contribution is 2.40. The molecule has 2 nitrogen and oxygen atoms in total. The molecular weight excluding hydrogens is 276 g/mol. The summed E-state index contributed by atoms with van der Waals surface area (Å²) in [5.41, 5.74) is 2.83. The standard InChI is InChI=1S/C18H10N2S/c19-11-12-5-3-6-13-14-7-4-8-15(18(14)21-17(12)13)16-9-1-2-10-20-16/h1-10H. The molecule has 0 aliphatic heterocycles. The van der Waals surface area contributed by atoms with E-state index in [1.165, 1.54) is 10.1 Å². The summed E-state index contributed by atoms with van der Waals surface area (Å²) in [7, 11) is 0. The largest absolute Gasteiger partial charge is 0.256 e. The number of rotatable bonds is 1. The zero-order chi connectivity index (χ0) is 14.2. The van der Waals surface area contributed by atoms with Gasteiger partial charge in [0.25, 0.3) is 0 Å². The lowest BCUT2D eigenvalue weighted by atomic mass is 10.1. The van der Waals surface area contributed by atoms with Gasteiger partial charge in [-0.15, -0.1) is 11.3 Å². The van der Waals surface area contributed by atoms with E-state index < -0.39 is 0 Å². The van der Waals surface area contributed by atoms with Crippen molar-refractivity contribution < 1.29 is 0 Å². The molecule has 2 aromatic heterocycles. The highest BCUT2D eigenvalue weighted by Gasteiger charge is 2.12. The lowest BCUT2D eigenvalue weighted by Crippen LogP contribution is -1.81. The minimum atomic E-state index is 0.737. The summed E-state index contributed by atoms with van der Waals surface area (Å²) in [5.74, 6) is 0. The normalized spacial score (nSPS) is 10.8. The van der Waals surface area contributed by atoms with Crippen LogP contribution in [0.2, 0.25) is 0 Å². The van der Waals surface area contributed by atoms with Crippen molar-refractivity contribution in [3.63, 3.8) is 0 Å². The van der Waals surface area contributed by atoms with Gasteiger partial charge < -0.3 is 0 Å². The third-order valence-electron chi connectivity index (χ3n) is 3.59. The fraction of sp³-hybridized carbons (Fsp3) is 0. The van der Waals surface area contributed by atoms with Crippen LogP contribution in [0, 0.1) is 11.3 Å². The van der Waals surface area contributed by atoms with Crippen LogP contribution in [0.3, 0.4) is 0 Å². The van der Waals surface area contributed by atoms with Gasteiger partial charge in [0.15, 0.2) is 0 Å². The predicted octanol–water partition coefficient (Wildman–Crippen LogP) is 4.99. The van der Waals surface area contributed by atoms with Gasteiger partial charge in [0.2, 0.25) is 0 Å². The van der Waals surface area contributed by atoms with Gasteiger partial charge in [-0.05, 0) is 18.2 Å². The number of hydrogen-bond acceptors (Lipinski definition) is 3. The van der Waals surface area contributed by atoms with Gasteiger partial charge in [-0.1, -0.05) is 36.4 Å². The van der Waals surface area contributed by atoms with E-state index in [1.54, 1.807) is 11.3 Å². The molecule has 0 saturated heterocycles. The first kappa shape index (κ1) is 12.1. The molecule has 3 heteroatoms. The van der Waals surface area contributed by atoms with E-state index >= 15 is 0 Å². The van der Waals surface area contributed by atoms with Crippen LogP contribution in [-0.2, 0) is 0 Å². The molecule has 0 bridgehead atoms. The SMILES string of the molecule is N#Cc1cccc2c1sc1c(-c3ccccn3)cccc12. The number of benzene rings is 2. The minimum Gasteiger partial charge on any atom is -0.256 e. The topological polar surface area (TPSA) is 36.7 Å². The Balaban J connectivity index is 2.14. The number of nitrogens with zero attached hydrogens (tertiary/aromatic N) is 2. The maximum absolute atomic E-state index is 9.29. The zero-order valence-corrected chi connectivity index (χ0v) is 11.9. The Labute approximate surface area is 125 Å². The molecule has 0 saturated carbocycles. The van der Waals surface area contributed by atoms with E-state index in [2.05, 4.69) is 35.3 Å². The molecule has 0 amide bonds. The van der Waals surface area contributed by atoms with E-state index in [1.807, 2.05) is 36.5 Å². The summed E-state index contributed by atoms with van der Waals surface area (Å²) in [6, 6.07) is 20.4. The Morgan fingerprint density at radius 1 is 0.857 bits per heavy atom. The summed E-state index contributed by atoms with van der Waals surface area (Å²) in [6.45, 7) is 0. The first-order chi connectivity index (χ1) is 10.4. The predicted molar refractivity (Wildman–Crippen MR) is 87.3 cm³/mol. The Hall–Kier alpha value is -2.70. The van der Waals surface area contributed by atoms with Crippen molar-refractivity contribution in [3.8, 4) is 17.3 Å². The smallest absolute Gasteiger partial charge is 0.101 e. The van der Waals surface area contributed by atoms with E-state index in [0.717, 1.165) is 26.9 Å². The van der Waals surface area contributed by atoms with Crippen LogP contribution < -0.4 is 0 Å². The quantitative estimate of drug-likeness (QED) is 0.494. The van der Waals surface area contributed by atoms with Crippen LogP contribution in [0.5, 0.6) is 0 Å². The third-order valence-corrected chi connectivity index (χ3v) is 4.87. The molecule has 0 aliphatic rings. The molecule has 0 spiro atoms. The van der Waals surface area contributed by atoms with Crippen LogP contribution in [-0.4, -0.2) is 4.98 Å². The summed E-state index contributed by atoms with van der Waals surface area (Å²) < 4.78 is 2.24. The van der Waals surface area contributed by atoms with Crippen LogP contribution >= 0.6 is 11.3 Å². The van der Waals surface area contributed by atoms with E-state index in [0.29, 0.717) is 0 Å². The highest BCUT2D eigenvalue weighted by molar-refractivity contribution is 7.26. The molecule has 4 aromatic rings. The molecule has 98 valence electrons. The van der Waals surface area contributed by atoms with E-state index in [-0.39, 0.29) is 0 Å². The Morgan fingerprint density at radius 2 is 1.67 bits per heavy atom. The van der Waals surface area contributed by atoms with Crippen molar-refractivity contribution in [1.29, 1.82) is 5.26 Å². The average Bonchev–Trinajstić information content (AvgIpc) is 2.94. The molecule has 0 aliphatic carbocycles. The monoisotopic (exact) mass is 286 g/mol. The minimum absolute atomic E-state index is 0.737. The number of fused-ring (bicyclic) bond motifs is 3. The fourth-order valence-corrected chi connectivity index (χ4v) is 3.92. The van der Waals surface area contributed by atoms with Gasteiger partial charge >= 0.3 is 0 Å². The van der Waals surface area contributed by atoms with Gasteiger partial charge in [-0.25, -0.2) is 0 Å². The molecule has 2 aromatic carbocycles. The Kier molecular flexibility index (Phi) is 2.70. The first-order valence-electron chi connectivity index (χ1n) is 6.64. The molecule has 0 N–H and O–H groups in total. The summed E-state index contributed by atoms with van der Waals surface area (Å²) >= 11 is 1.67. The molecule has 0 fully saturated rings. The number of thiophene rings is 1. The van der Waals surface area contributed by atoms with Gasteiger partial charge in [0.05, 0.1) is 16.0 Å². The number of aromatic nitrogens is 1. The Morgan fingerprint density at radius 3 is 2.43 bits per heavy atom. The average molecular weight is 286 g/mol. The van der Waals surface area contributed by atoms with Crippen LogP contribution in [0.4, 0.5) is 0 Å². The fourth-order valence-electron chi connectivity index (χ4n) is 2.63. The second-order valence-electron chi connectivity index (χ2n) is 4.79. The number of pyridine rings is 1. The highest BCUT2D eigenvalue weighted by atomic mass is 32.1. The van der Waals surface area contributed by atoms with Crippen LogP contribution in [0.25, 0.3) is 31.4 Å². The second-order valence-corrected chi connectivity index (χ2v) is 5.81. The van der Waals surface area contributed by atoms with E-state index in [9.17, 15) is 5.26 Å². The van der Waals surface area contributed by atoms with E-state index in [4.69, 9.17) is 0 Å². The van der Waals surface area contributed by atoms with Crippen LogP contribution in [0.15, 0.2) is 60.8 Å². The van der Waals surface area contributed by atoms with Crippen molar-refractivity contribution in [1.82, 2.24) is 4.98 Å². The molecular formula is C18H10N2S. The summed E-state index contributed by atoms with van der Waals surface area (Å²) in [4.78, 5) is 4.45. The van der Waals surface area contributed by atoms with Crippen molar-refractivity contribution >= 4 is 31.5 Å². The lowest BCUT2D eigenvalue weighted by Gasteiger charge is -2.01. The summed E-state index contributed by atoms with van der Waals surface area (Å²) in [6.07, 6.45) is 1.81. The lowest BCUT2D eigenvalue weighted by molar-refractivity contribution is 1.33. The number of nitriles is 1. The zero-order valence-electron chi connectivity index (χ0n) is 11.1. The van der Waals surface area contributed by atoms with Gasteiger partial charge in [0, 0.05) is 27.2 Å².